The first-order valence-electron chi connectivity index (χ1n) is 9.79. The Bertz CT molecular complexity index is 952. The number of benzene rings is 1. The van der Waals surface area contributed by atoms with E-state index in [0.717, 1.165) is 29.1 Å². The van der Waals surface area contributed by atoms with Gasteiger partial charge in [-0.3, -0.25) is 14.3 Å². The summed E-state index contributed by atoms with van der Waals surface area (Å²) >= 11 is 0. The Balaban J connectivity index is 1.84. The van der Waals surface area contributed by atoms with E-state index in [4.69, 9.17) is 0 Å². The fourth-order valence-electron chi connectivity index (χ4n) is 3.76. The summed E-state index contributed by atoms with van der Waals surface area (Å²) in [5.74, 6) is -0.386. The van der Waals surface area contributed by atoms with Crippen molar-refractivity contribution in [3.8, 4) is 0 Å². The summed E-state index contributed by atoms with van der Waals surface area (Å²) in [6.07, 6.45) is -3.31. The Morgan fingerprint density at radius 2 is 2.03 bits per heavy atom. The van der Waals surface area contributed by atoms with Crippen molar-refractivity contribution in [3.63, 3.8) is 0 Å². The Hall–Kier alpha value is -2.84. The Labute approximate surface area is 173 Å². The Kier molecular flexibility index (Phi) is 6.19. The molecule has 1 aromatic heterocycles. The summed E-state index contributed by atoms with van der Waals surface area (Å²) in [4.78, 5) is 26.4. The van der Waals surface area contributed by atoms with E-state index in [2.05, 4.69) is 10.4 Å². The molecule has 0 radical (unpaired) electrons. The maximum Gasteiger partial charge on any atom is 0.416 e. The zero-order valence-electron chi connectivity index (χ0n) is 17.2. The minimum Gasteiger partial charge on any atom is -0.347 e. The monoisotopic (exact) mass is 422 g/mol. The molecule has 6 nitrogen and oxygen atoms in total. The normalized spacial score (nSPS) is 15.5. The number of nitrogens with one attached hydrogen (secondary N) is 1. The van der Waals surface area contributed by atoms with Crippen LogP contribution in [0.3, 0.4) is 0 Å². The van der Waals surface area contributed by atoms with Gasteiger partial charge in [0.05, 0.1) is 23.7 Å². The molecular weight excluding hydrogens is 397 g/mol. The predicted molar refractivity (Wildman–Crippen MR) is 105 cm³/mol. The fraction of sp³-hybridized carbons (Fsp3) is 0.476. The molecule has 1 N–H and O–H groups in total. The molecule has 2 amide bonds. The molecule has 30 heavy (non-hydrogen) atoms. The number of alkyl halides is 3. The van der Waals surface area contributed by atoms with Crippen LogP contribution in [0.5, 0.6) is 0 Å². The Morgan fingerprint density at radius 1 is 1.30 bits per heavy atom. The van der Waals surface area contributed by atoms with Gasteiger partial charge in [0.2, 0.25) is 11.8 Å². The van der Waals surface area contributed by atoms with Crippen molar-refractivity contribution in [1.82, 2.24) is 20.0 Å². The van der Waals surface area contributed by atoms with Gasteiger partial charge in [-0.15, -0.1) is 0 Å². The van der Waals surface area contributed by atoms with Gasteiger partial charge in [0.1, 0.15) is 0 Å². The number of hydrogen-bond donors (Lipinski definition) is 1. The third-order valence-corrected chi connectivity index (χ3v) is 5.52. The highest BCUT2D eigenvalue weighted by Crippen LogP contribution is 2.31. The molecule has 2 heterocycles. The lowest BCUT2D eigenvalue weighted by atomic mass is 10.0. The predicted octanol–water partition coefficient (Wildman–Crippen LogP) is 3.08. The summed E-state index contributed by atoms with van der Waals surface area (Å²) in [7, 11) is 1.79. The first-order chi connectivity index (χ1) is 14.1. The molecule has 162 valence electrons. The van der Waals surface area contributed by atoms with Crippen LogP contribution in [0.25, 0.3) is 0 Å². The molecule has 0 unspecified atom stereocenters. The average molecular weight is 422 g/mol. The van der Waals surface area contributed by atoms with Gasteiger partial charge in [-0.2, -0.15) is 18.3 Å². The summed E-state index contributed by atoms with van der Waals surface area (Å²) in [6.45, 7) is 4.33. The number of carbonyl (C=O) groups excluding carboxylic acids is 2. The summed E-state index contributed by atoms with van der Waals surface area (Å²) in [5.41, 5.74) is 1.90. The van der Waals surface area contributed by atoms with Gasteiger partial charge in [-0.1, -0.05) is 12.1 Å². The zero-order valence-corrected chi connectivity index (χ0v) is 17.2. The third kappa shape index (κ3) is 4.83. The highest BCUT2D eigenvalue weighted by Gasteiger charge is 2.32. The van der Waals surface area contributed by atoms with Crippen LogP contribution in [0.2, 0.25) is 0 Å². The largest absolute Gasteiger partial charge is 0.416 e. The smallest absolute Gasteiger partial charge is 0.347 e. The lowest BCUT2D eigenvalue weighted by Crippen LogP contribution is -2.39. The van der Waals surface area contributed by atoms with Crippen molar-refractivity contribution in [2.75, 3.05) is 13.1 Å². The number of hydrogen-bond acceptors (Lipinski definition) is 3. The molecular formula is C21H25F3N4O2. The van der Waals surface area contributed by atoms with Crippen LogP contribution in [0.4, 0.5) is 13.2 Å². The molecule has 1 aliphatic heterocycles. The highest BCUT2D eigenvalue weighted by atomic mass is 19.4. The van der Waals surface area contributed by atoms with E-state index < -0.39 is 17.8 Å². The van der Waals surface area contributed by atoms with Crippen LogP contribution in [-0.2, 0) is 29.2 Å². The van der Waals surface area contributed by atoms with Crippen LogP contribution in [0.1, 0.15) is 47.0 Å². The lowest BCUT2D eigenvalue weighted by molar-refractivity contribution is -0.137. The van der Waals surface area contributed by atoms with Gasteiger partial charge < -0.3 is 10.2 Å². The van der Waals surface area contributed by atoms with Gasteiger partial charge in [-0.25, -0.2) is 0 Å². The second kappa shape index (κ2) is 8.49. The van der Waals surface area contributed by atoms with Crippen molar-refractivity contribution < 1.29 is 22.8 Å². The Morgan fingerprint density at radius 3 is 2.60 bits per heavy atom. The molecule has 1 fully saturated rings. The van der Waals surface area contributed by atoms with Gasteiger partial charge >= 0.3 is 6.18 Å². The number of halogens is 3. The fourth-order valence-corrected chi connectivity index (χ4v) is 3.76. The van der Waals surface area contributed by atoms with Crippen LogP contribution in [0, 0.1) is 13.8 Å². The van der Waals surface area contributed by atoms with Gasteiger partial charge in [0.25, 0.3) is 0 Å². The number of aromatic nitrogens is 2. The lowest BCUT2D eigenvalue weighted by Gasteiger charge is -2.26. The summed E-state index contributed by atoms with van der Waals surface area (Å²) in [6, 6.07) is 4.15. The zero-order chi connectivity index (χ0) is 22.1. The number of likely N-dealkylation sites (tertiary alicyclic amines) is 1. The maximum atomic E-state index is 13.2. The van der Waals surface area contributed by atoms with Gasteiger partial charge in [-0.05, 0) is 38.0 Å². The molecule has 1 atom stereocenters. The molecule has 1 aromatic carbocycles. The van der Waals surface area contributed by atoms with E-state index in [0.29, 0.717) is 24.9 Å². The van der Waals surface area contributed by atoms with E-state index in [9.17, 15) is 22.8 Å². The van der Waals surface area contributed by atoms with E-state index in [1.54, 1.807) is 22.7 Å². The highest BCUT2D eigenvalue weighted by molar-refractivity contribution is 5.80. The van der Waals surface area contributed by atoms with Crippen molar-refractivity contribution in [1.29, 1.82) is 0 Å². The minimum atomic E-state index is -4.49. The van der Waals surface area contributed by atoms with Crippen LogP contribution >= 0.6 is 0 Å². The average Bonchev–Trinajstić information content (AvgIpc) is 3.18. The number of amides is 2. The third-order valence-electron chi connectivity index (χ3n) is 5.52. The van der Waals surface area contributed by atoms with Gasteiger partial charge in [0, 0.05) is 37.8 Å². The molecule has 1 saturated heterocycles. The molecule has 0 aliphatic carbocycles. The topological polar surface area (TPSA) is 67.2 Å². The van der Waals surface area contributed by atoms with Crippen molar-refractivity contribution in [2.24, 2.45) is 7.05 Å². The quantitative estimate of drug-likeness (QED) is 0.778. The van der Waals surface area contributed by atoms with E-state index >= 15 is 0 Å². The standard InChI is InChI=1S/C21H25F3N4O2/c1-13-17(14(2)27(3)26-13)11-19(29)25-18(12-28-9-5-8-20(28)30)15-6-4-7-16(10-15)21(22,23)24/h4,6-7,10,18H,5,8-9,11-12H2,1-3H3,(H,25,29)/t18-/m0/s1. The molecule has 1 aliphatic rings. The SMILES string of the molecule is Cc1nn(C)c(C)c1CC(=O)N[C@@H](CN1CCCC1=O)c1cccc(C(F)(F)F)c1. The maximum absolute atomic E-state index is 13.2. The van der Waals surface area contributed by atoms with E-state index in [1.807, 2.05) is 13.8 Å². The van der Waals surface area contributed by atoms with Crippen molar-refractivity contribution >= 4 is 11.8 Å². The molecule has 0 bridgehead atoms. The first kappa shape index (κ1) is 21.9. The molecule has 0 spiro atoms. The summed E-state index contributed by atoms with van der Waals surface area (Å²) < 4.78 is 41.2. The number of rotatable bonds is 6. The number of aryl methyl sites for hydroxylation is 2. The molecule has 2 aromatic rings. The van der Waals surface area contributed by atoms with Crippen molar-refractivity contribution in [3.05, 3.63) is 52.3 Å². The first-order valence-corrected chi connectivity index (χ1v) is 9.79. The van der Waals surface area contributed by atoms with E-state index in [1.165, 1.54) is 6.07 Å². The van der Waals surface area contributed by atoms with Crippen LogP contribution < -0.4 is 5.32 Å². The second-order valence-electron chi connectivity index (χ2n) is 7.64. The van der Waals surface area contributed by atoms with Crippen LogP contribution in [0.15, 0.2) is 24.3 Å². The second-order valence-corrected chi connectivity index (χ2v) is 7.64. The minimum absolute atomic E-state index is 0.0554. The van der Waals surface area contributed by atoms with E-state index in [-0.39, 0.29) is 24.8 Å². The molecule has 3 rings (SSSR count). The van der Waals surface area contributed by atoms with Crippen LogP contribution in [-0.4, -0.2) is 39.6 Å². The van der Waals surface area contributed by atoms with Gasteiger partial charge in [0.15, 0.2) is 0 Å². The molecule has 9 heteroatoms. The number of nitrogens with zero attached hydrogens (tertiary/aromatic N) is 3. The van der Waals surface area contributed by atoms with Crippen molar-refractivity contribution in [2.45, 2.75) is 45.3 Å². The number of carbonyl (C=O) groups is 2. The summed E-state index contributed by atoms with van der Waals surface area (Å²) in [5, 5.41) is 7.13. The molecule has 0 saturated carbocycles.